The van der Waals surface area contributed by atoms with Crippen LogP contribution in [0.3, 0.4) is 0 Å². The summed E-state index contributed by atoms with van der Waals surface area (Å²) < 4.78 is 5.20. The zero-order valence-electron chi connectivity index (χ0n) is 12.6. The van der Waals surface area contributed by atoms with Crippen LogP contribution in [-0.4, -0.2) is 30.9 Å². The molecule has 2 aliphatic rings. The summed E-state index contributed by atoms with van der Waals surface area (Å²) in [6, 6.07) is 8.01. The topological polar surface area (TPSA) is 48.9 Å². The molecule has 0 saturated heterocycles. The molecule has 5 heteroatoms. The van der Waals surface area contributed by atoms with Crippen LogP contribution in [0.15, 0.2) is 52.5 Å². The van der Waals surface area contributed by atoms with Crippen LogP contribution in [0.5, 0.6) is 5.75 Å². The number of hydrazine groups is 1. The van der Waals surface area contributed by atoms with Crippen molar-refractivity contribution in [1.82, 2.24) is 15.8 Å². The van der Waals surface area contributed by atoms with E-state index in [2.05, 4.69) is 29.6 Å². The van der Waals surface area contributed by atoms with Crippen LogP contribution in [0.25, 0.3) is 0 Å². The molecule has 0 unspecified atom stereocenters. The second-order valence-electron chi connectivity index (χ2n) is 5.03. The smallest absolute Gasteiger partial charge is 0.118 e. The van der Waals surface area contributed by atoms with Gasteiger partial charge in [-0.2, -0.15) is 0 Å². The van der Waals surface area contributed by atoms with Gasteiger partial charge in [-0.25, -0.2) is 4.99 Å². The molecule has 110 valence electrons. The lowest BCUT2D eigenvalue weighted by Crippen LogP contribution is -2.31. The van der Waals surface area contributed by atoms with E-state index in [-0.39, 0.29) is 0 Å². The highest BCUT2D eigenvalue weighted by Crippen LogP contribution is 2.26. The Morgan fingerprint density at radius 2 is 2.05 bits per heavy atom. The highest BCUT2D eigenvalue weighted by atomic mass is 16.5. The van der Waals surface area contributed by atoms with Crippen molar-refractivity contribution in [2.24, 2.45) is 4.99 Å². The Balaban J connectivity index is 1.95. The Kier molecular flexibility index (Phi) is 3.56. The van der Waals surface area contributed by atoms with Gasteiger partial charge in [0.25, 0.3) is 0 Å². The maximum absolute atomic E-state index is 5.20. The van der Waals surface area contributed by atoms with Crippen molar-refractivity contribution < 1.29 is 4.74 Å². The highest BCUT2D eigenvalue weighted by Gasteiger charge is 2.25. The summed E-state index contributed by atoms with van der Waals surface area (Å²) in [6.07, 6.45) is 2.03. The molecule has 0 aromatic heterocycles. The first-order valence-corrected chi connectivity index (χ1v) is 7.14. The van der Waals surface area contributed by atoms with Crippen molar-refractivity contribution >= 4 is 5.71 Å². The predicted octanol–water partition coefficient (Wildman–Crippen LogP) is 2.00. The second-order valence-corrected chi connectivity index (χ2v) is 5.03. The molecule has 0 radical (unpaired) electrons. The van der Waals surface area contributed by atoms with Crippen LogP contribution in [0.2, 0.25) is 0 Å². The molecule has 21 heavy (non-hydrogen) atoms. The van der Waals surface area contributed by atoms with Gasteiger partial charge in [0.15, 0.2) is 0 Å². The predicted molar refractivity (Wildman–Crippen MR) is 83.8 cm³/mol. The summed E-state index contributed by atoms with van der Waals surface area (Å²) >= 11 is 0. The van der Waals surface area contributed by atoms with Gasteiger partial charge >= 0.3 is 0 Å². The number of allylic oxidation sites excluding steroid dienone is 1. The Morgan fingerprint density at radius 1 is 1.29 bits per heavy atom. The number of fused-ring (bicyclic) bond motifs is 1. The second kappa shape index (κ2) is 5.52. The van der Waals surface area contributed by atoms with Gasteiger partial charge in [-0.3, -0.25) is 5.01 Å². The van der Waals surface area contributed by atoms with Crippen molar-refractivity contribution in [3.05, 3.63) is 53.1 Å². The summed E-state index contributed by atoms with van der Waals surface area (Å²) in [5.41, 5.74) is 8.66. The third-order valence-corrected chi connectivity index (χ3v) is 3.69. The number of likely N-dealkylation sites (N-methyl/N-ethyl adjacent to an activating group) is 1. The lowest BCUT2D eigenvalue weighted by Gasteiger charge is -2.18. The van der Waals surface area contributed by atoms with Crippen LogP contribution >= 0.6 is 0 Å². The molecule has 2 aliphatic heterocycles. The number of rotatable bonds is 3. The van der Waals surface area contributed by atoms with Crippen LogP contribution < -0.4 is 15.5 Å². The molecule has 0 amide bonds. The minimum Gasteiger partial charge on any atom is -0.497 e. The van der Waals surface area contributed by atoms with E-state index < -0.39 is 0 Å². The Morgan fingerprint density at radius 3 is 2.71 bits per heavy atom. The molecule has 0 saturated carbocycles. The van der Waals surface area contributed by atoms with Gasteiger partial charge in [0.2, 0.25) is 0 Å². The van der Waals surface area contributed by atoms with Crippen molar-refractivity contribution in [3.63, 3.8) is 0 Å². The quantitative estimate of drug-likeness (QED) is 0.891. The first kappa shape index (κ1) is 13.5. The summed E-state index contributed by atoms with van der Waals surface area (Å²) in [6.45, 7) is 5.77. The van der Waals surface area contributed by atoms with E-state index in [4.69, 9.17) is 9.73 Å². The van der Waals surface area contributed by atoms with E-state index in [1.165, 1.54) is 0 Å². The van der Waals surface area contributed by atoms with Gasteiger partial charge in [-0.15, -0.1) is 0 Å². The minimum atomic E-state index is 0.712. The summed E-state index contributed by atoms with van der Waals surface area (Å²) in [4.78, 5) is 4.86. The van der Waals surface area contributed by atoms with Gasteiger partial charge < -0.3 is 15.5 Å². The fourth-order valence-corrected chi connectivity index (χ4v) is 2.54. The van der Waals surface area contributed by atoms with Crippen molar-refractivity contribution in [3.8, 4) is 5.75 Å². The largest absolute Gasteiger partial charge is 0.497 e. The number of nitrogens with zero attached hydrogens (tertiary/aromatic N) is 2. The average molecular weight is 284 g/mol. The normalized spacial score (nSPS) is 17.4. The number of aliphatic imine (C=N–C) groups is 1. The van der Waals surface area contributed by atoms with Crippen molar-refractivity contribution in [2.75, 3.05) is 20.2 Å². The standard InChI is InChI=1S/C16H20N4O/c1-4-20-15-10-17-9-14(18-16(15)11(2)19-20)12-5-7-13(21-3)8-6-12/h5-8,10,17,19H,4,9H2,1-3H3. The summed E-state index contributed by atoms with van der Waals surface area (Å²) in [7, 11) is 1.67. The Labute approximate surface area is 125 Å². The molecule has 0 spiro atoms. The molecule has 2 heterocycles. The molecule has 3 rings (SSSR count). The van der Waals surface area contributed by atoms with Crippen LogP contribution in [0, 0.1) is 0 Å². The maximum Gasteiger partial charge on any atom is 0.118 e. The minimum absolute atomic E-state index is 0.712. The molecular weight excluding hydrogens is 264 g/mol. The van der Waals surface area contributed by atoms with E-state index in [1.807, 2.05) is 30.5 Å². The number of hydrogen-bond acceptors (Lipinski definition) is 5. The number of ether oxygens (including phenoxy) is 1. The summed E-state index contributed by atoms with van der Waals surface area (Å²) in [5, 5.41) is 5.44. The van der Waals surface area contributed by atoms with Crippen molar-refractivity contribution in [1.29, 1.82) is 0 Å². The molecule has 0 fully saturated rings. The molecule has 0 atom stereocenters. The van der Waals surface area contributed by atoms with E-state index in [0.717, 1.165) is 40.7 Å². The first-order valence-electron chi connectivity index (χ1n) is 7.14. The van der Waals surface area contributed by atoms with Gasteiger partial charge in [0, 0.05) is 12.7 Å². The maximum atomic E-state index is 5.20. The van der Waals surface area contributed by atoms with Gasteiger partial charge in [0.1, 0.15) is 17.1 Å². The zero-order valence-corrected chi connectivity index (χ0v) is 12.6. The van der Waals surface area contributed by atoms with Crippen molar-refractivity contribution in [2.45, 2.75) is 13.8 Å². The van der Waals surface area contributed by atoms with E-state index >= 15 is 0 Å². The molecule has 1 aromatic rings. The molecule has 5 nitrogen and oxygen atoms in total. The van der Waals surface area contributed by atoms with E-state index in [0.29, 0.717) is 6.54 Å². The molecule has 0 bridgehead atoms. The average Bonchev–Trinajstić information content (AvgIpc) is 2.70. The molecular formula is C16H20N4O. The number of nitrogens with one attached hydrogen (secondary N) is 2. The number of hydrogen-bond donors (Lipinski definition) is 2. The number of methoxy groups -OCH3 is 1. The lowest BCUT2D eigenvalue weighted by molar-refractivity contribution is 0.318. The third kappa shape index (κ3) is 2.46. The highest BCUT2D eigenvalue weighted by molar-refractivity contribution is 6.03. The van der Waals surface area contributed by atoms with E-state index in [1.54, 1.807) is 7.11 Å². The van der Waals surface area contributed by atoms with Crippen LogP contribution in [-0.2, 0) is 0 Å². The monoisotopic (exact) mass is 284 g/mol. The SMILES string of the molecule is CCN1NC(C)=C2N=C(c3ccc(OC)cc3)CNC=C21. The number of benzene rings is 1. The van der Waals surface area contributed by atoms with Crippen LogP contribution in [0.1, 0.15) is 19.4 Å². The fourth-order valence-electron chi connectivity index (χ4n) is 2.54. The van der Waals surface area contributed by atoms with Gasteiger partial charge in [-0.05, 0) is 43.7 Å². The van der Waals surface area contributed by atoms with E-state index in [9.17, 15) is 0 Å². The Bertz CT molecular complexity index is 628. The Hall–Kier alpha value is -2.43. The zero-order chi connectivity index (χ0) is 14.8. The molecule has 0 aliphatic carbocycles. The summed E-state index contributed by atoms with van der Waals surface area (Å²) in [5.74, 6) is 0.856. The third-order valence-electron chi connectivity index (χ3n) is 3.69. The van der Waals surface area contributed by atoms with Gasteiger partial charge in [-0.1, -0.05) is 0 Å². The lowest BCUT2D eigenvalue weighted by atomic mass is 10.1. The molecule has 2 N–H and O–H groups in total. The molecule has 1 aromatic carbocycles. The first-order chi connectivity index (χ1) is 10.2. The van der Waals surface area contributed by atoms with Crippen LogP contribution in [0.4, 0.5) is 0 Å². The van der Waals surface area contributed by atoms with Gasteiger partial charge in [0.05, 0.1) is 25.1 Å². The fraction of sp³-hybridized carbons (Fsp3) is 0.312.